The van der Waals surface area contributed by atoms with Gasteiger partial charge < -0.3 is 10.2 Å². The third-order valence-electron chi connectivity index (χ3n) is 6.18. The van der Waals surface area contributed by atoms with Gasteiger partial charge in [0.1, 0.15) is 5.69 Å². The molecule has 0 aliphatic rings. The minimum atomic E-state index is -0.197. The summed E-state index contributed by atoms with van der Waals surface area (Å²) in [6.07, 6.45) is 23.4. The predicted octanol–water partition coefficient (Wildman–Crippen LogP) is 6.69. The number of amides is 2. The summed E-state index contributed by atoms with van der Waals surface area (Å²) >= 11 is 0. The molecule has 1 N–H and O–H groups in total. The Bertz CT molecular complexity index is 696. The minimum absolute atomic E-state index is 0.149. The average Bonchev–Trinajstić information content (AvgIpc) is 3.32. The van der Waals surface area contributed by atoms with Crippen LogP contribution in [0.3, 0.4) is 0 Å². The van der Waals surface area contributed by atoms with Crippen LogP contribution in [0.15, 0.2) is 24.4 Å². The van der Waals surface area contributed by atoms with Gasteiger partial charge in [0.05, 0.1) is 0 Å². The summed E-state index contributed by atoms with van der Waals surface area (Å²) in [6, 6.07) is 1.94. The van der Waals surface area contributed by atoms with Crippen molar-refractivity contribution in [1.82, 2.24) is 20.0 Å². The number of allylic oxidation sites excluding steroid dienone is 2. The summed E-state index contributed by atoms with van der Waals surface area (Å²) in [6.45, 7) is 7.25. The van der Waals surface area contributed by atoms with Crippen molar-refractivity contribution in [2.75, 3.05) is 20.1 Å². The normalized spacial score (nSPS) is 11.4. The first-order valence-corrected chi connectivity index (χ1v) is 13.7. The van der Waals surface area contributed by atoms with Crippen molar-refractivity contribution >= 4 is 11.8 Å². The van der Waals surface area contributed by atoms with Gasteiger partial charge in [-0.3, -0.25) is 14.3 Å². The fraction of sp³-hybridized carbons (Fsp3) is 0.750. The van der Waals surface area contributed by atoms with Gasteiger partial charge in [0.25, 0.3) is 5.91 Å². The van der Waals surface area contributed by atoms with Gasteiger partial charge in [0, 0.05) is 38.8 Å². The third-order valence-corrected chi connectivity index (χ3v) is 6.18. The predicted molar refractivity (Wildman–Crippen MR) is 142 cm³/mol. The summed E-state index contributed by atoms with van der Waals surface area (Å²) < 4.78 is 1.76. The van der Waals surface area contributed by atoms with Gasteiger partial charge in [0.15, 0.2) is 0 Å². The summed E-state index contributed by atoms with van der Waals surface area (Å²) in [5.41, 5.74) is 0.413. The molecular weight excluding hydrogens is 424 g/mol. The number of hydrogen-bond acceptors (Lipinski definition) is 3. The maximum absolute atomic E-state index is 12.3. The molecule has 0 spiro atoms. The van der Waals surface area contributed by atoms with Gasteiger partial charge in [-0.05, 0) is 52.0 Å². The van der Waals surface area contributed by atoms with E-state index in [2.05, 4.69) is 29.5 Å². The van der Waals surface area contributed by atoms with Crippen molar-refractivity contribution in [2.45, 2.75) is 117 Å². The first-order chi connectivity index (χ1) is 16.5. The molecule has 0 aliphatic carbocycles. The zero-order valence-corrected chi connectivity index (χ0v) is 22.4. The largest absolute Gasteiger partial charge is 0.349 e. The van der Waals surface area contributed by atoms with E-state index in [9.17, 15) is 9.59 Å². The summed E-state index contributed by atoms with van der Waals surface area (Å²) in [5.74, 6) is -0.0477. The Labute approximate surface area is 208 Å². The van der Waals surface area contributed by atoms with Gasteiger partial charge in [-0.1, -0.05) is 70.4 Å². The van der Waals surface area contributed by atoms with Crippen molar-refractivity contribution in [3.63, 3.8) is 0 Å². The maximum Gasteiger partial charge on any atom is 0.271 e. The van der Waals surface area contributed by atoms with Crippen molar-refractivity contribution in [2.24, 2.45) is 0 Å². The molecular formula is C28H50N4O2. The number of nitrogens with one attached hydrogen (secondary N) is 1. The molecule has 0 bridgehead atoms. The number of likely N-dealkylation sites (N-methyl/N-ethyl adjacent to an activating group) is 1. The van der Waals surface area contributed by atoms with Gasteiger partial charge in [-0.15, -0.1) is 0 Å². The van der Waals surface area contributed by atoms with E-state index < -0.39 is 0 Å². The Hall–Kier alpha value is -2.11. The topological polar surface area (TPSA) is 67.2 Å². The number of unbranched alkanes of at least 4 members (excludes halogenated alkanes) is 11. The summed E-state index contributed by atoms with van der Waals surface area (Å²) in [5, 5.41) is 7.11. The SMILES string of the molecule is CCCCCCCC/C=C\CCCCCCCC(=O)N(C)CCNC(=O)c1ccn(C(C)C)n1. The summed E-state index contributed by atoms with van der Waals surface area (Å²) in [4.78, 5) is 26.2. The van der Waals surface area contributed by atoms with Crippen LogP contribution < -0.4 is 5.32 Å². The Morgan fingerprint density at radius 3 is 2.15 bits per heavy atom. The number of carbonyl (C=O) groups is 2. The smallest absolute Gasteiger partial charge is 0.271 e. The van der Waals surface area contributed by atoms with Crippen LogP contribution in [0, 0.1) is 0 Å². The highest BCUT2D eigenvalue weighted by molar-refractivity contribution is 5.92. The number of hydrogen-bond donors (Lipinski definition) is 1. The highest BCUT2D eigenvalue weighted by atomic mass is 16.2. The van der Waals surface area contributed by atoms with Crippen molar-refractivity contribution in [3.05, 3.63) is 30.1 Å². The fourth-order valence-electron chi connectivity index (χ4n) is 3.84. The molecule has 0 atom stereocenters. The molecule has 2 amide bonds. The van der Waals surface area contributed by atoms with E-state index in [0.717, 1.165) is 12.8 Å². The molecule has 1 heterocycles. The van der Waals surface area contributed by atoms with Crippen LogP contribution in [-0.4, -0.2) is 46.6 Å². The molecule has 0 saturated heterocycles. The first kappa shape index (κ1) is 29.9. The molecule has 6 nitrogen and oxygen atoms in total. The van der Waals surface area contributed by atoms with Crippen LogP contribution in [0.4, 0.5) is 0 Å². The van der Waals surface area contributed by atoms with Crippen LogP contribution in [0.5, 0.6) is 0 Å². The monoisotopic (exact) mass is 474 g/mol. The van der Waals surface area contributed by atoms with Crippen molar-refractivity contribution in [3.8, 4) is 0 Å². The molecule has 6 heteroatoms. The van der Waals surface area contributed by atoms with Gasteiger partial charge in [0.2, 0.25) is 5.91 Å². The molecule has 0 aliphatic heterocycles. The quantitative estimate of drug-likeness (QED) is 0.169. The van der Waals surface area contributed by atoms with E-state index in [0.29, 0.717) is 25.2 Å². The van der Waals surface area contributed by atoms with Crippen LogP contribution in [0.25, 0.3) is 0 Å². The number of carbonyl (C=O) groups excluding carboxylic acids is 2. The van der Waals surface area contributed by atoms with E-state index in [4.69, 9.17) is 0 Å². The van der Waals surface area contributed by atoms with E-state index >= 15 is 0 Å². The molecule has 194 valence electrons. The molecule has 0 unspecified atom stereocenters. The number of rotatable bonds is 20. The van der Waals surface area contributed by atoms with Gasteiger partial charge >= 0.3 is 0 Å². The Morgan fingerprint density at radius 1 is 0.971 bits per heavy atom. The van der Waals surface area contributed by atoms with E-state index in [1.54, 1.807) is 22.7 Å². The Kier molecular flexibility index (Phi) is 16.9. The number of aromatic nitrogens is 2. The van der Waals surface area contributed by atoms with Gasteiger partial charge in [-0.25, -0.2) is 0 Å². The molecule has 1 aromatic rings. The number of nitrogens with zero attached hydrogens (tertiary/aromatic N) is 3. The molecule has 1 aromatic heterocycles. The third kappa shape index (κ3) is 14.2. The highest BCUT2D eigenvalue weighted by Gasteiger charge is 2.12. The fourth-order valence-corrected chi connectivity index (χ4v) is 3.84. The van der Waals surface area contributed by atoms with Crippen molar-refractivity contribution < 1.29 is 9.59 Å². The molecule has 1 rings (SSSR count). The maximum atomic E-state index is 12.3. The molecule has 34 heavy (non-hydrogen) atoms. The van der Waals surface area contributed by atoms with E-state index in [1.165, 1.54) is 70.6 Å². The molecule has 0 aromatic carbocycles. The van der Waals surface area contributed by atoms with Crippen LogP contribution in [0.2, 0.25) is 0 Å². The minimum Gasteiger partial charge on any atom is -0.349 e. The second-order valence-corrected chi connectivity index (χ2v) is 9.68. The molecule has 0 saturated carbocycles. The second-order valence-electron chi connectivity index (χ2n) is 9.68. The zero-order valence-electron chi connectivity index (χ0n) is 22.4. The molecule has 0 fully saturated rings. The van der Waals surface area contributed by atoms with E-state index in [1.807, 2.05) is 20.0 Å². The Balaban J connectivity index is 1.97. The lowest BCUT2D eigenvalue weighted by atomic mass is 10.1. The average molecular weight is 475 g/mol. The zero-order chi connectivity index (χ0) is 25.0. The second kappa shape index (κ2) is 19.2. The first-order valence-electron chi connectivity index (χ1n) is 13.7. The highest BCUT2D eigenvalue weighted by Crippen LogP contribution is 2.10. The van der Waals surface area contributed by atoms with E-state index in [-0.39, 0.29) is 17.9 Å². The van der Waals surface area contributed by atoms with Crippen LogP contribution in [-0.2, 0) is 4.79 Å². The lowest BCUT2D eigenvalue weighted by molar-refractivity contribution is -0.129. The van der Waals surface area contributed by atoms with Gasteiger partial charge in [-0.2, -0.15) is 5.10 Å². The molecule has 0 radical (unpaired) electrons. The summed E-state index contributed by atoms with van der Waals surface area (Å²) in [7, 11) is 1.81. The Morgan fingerprint density at radius 2 is 1.56 bits per heavy atom. The van der Waals surface area contributed by atoms with Crippen molar-refractivity contribution in [1.29, 1.82) is 0 Å². The lowest BCUT2D eigenvalue weighted by Crippen LogP contribution is -2.36. The van der Waals surface area contributed by atoms with Crippen LogP contribution in [0.1, 0.15) is 127 Å². The van der Waals surface area contributed by atoms with Crippen LogP contribution >= 0.6 is 0 Å². The lowest BCUT2D eigenvalue weighted by Gasteiger charge is -2.17. The standard InChI is InChI=1S/C28H50N4O2/c1-5-6-7-8-9-10-11-12-13-14-15-16-17-18-19-20-27(33)31(4)24-22-29-28(34)26-21-23-32(30-26)25(2)3/h12-13,21,23,25H,5-11,14-20,22,24H2,1-4H3,(H,29,34)/b13-12-.